The van der Waals surface area contributed by atoms with E-state index in [1.807, 2.05) is 25.1 Å². The average molecular weight is 368 g/mol. The van der Waals surface area contributed by atoms with Crippen LogP contribution in [0.5, 0.6) is 0 Å². The van der Waals surface area contributed by atoms with Crippen molar-refractivity contribution < 1.29 is 4.79 Å². The third kappa shape index (κ3) is 4.32. The molecule has 0 radical (unpaired) electrons. The number of aryl methyl sites for hydroxylation is 2. The van der Waals surface area contributed by atoms with Gasteiger partial charge in [0.25, 0.3) is 0 Å². The minimum atomic E-state index is 0.0951. The lowest BCUT2D eigenvalue weighted by molar-refractivity contribution is -0.121. The van der Waals surface area contributed by atoms with Crippen LogP contribution < -0.4 is 5.32 Å². The molecule has 0 bridgehead atoms. The van der Waals surface area contributed by atoms with E-state index < -0.39 is 0 Å². The van der Waals surface area contributed by atoms with Crippen LogP contribution in [-0.2, 0) is 11.2 Å². The molecule has 146 valence electrons. The molecule has 1 aliphatic rings. The second-order valence-electron chi connectivity index (χ2n) is 8.30. The normalized spacial score (nSPS) is 17.1. The van der Waals surface area contributed by atoms with E-state index in [0.717, 1.165) is 41.5 Å². The number of carbonyl (C=O) groups is 1. The Hall–Kier alpha value is -1.94. The van der Waals surface area contributed by atoms with Gasteiger partial charge in [0.2, 0.25) is 5.91 Å². The Morgan fingerprint density at radius 1 is 1.11 bits per heavy atom. The van der Waals surface area contributed by atoms with E-state index in [-0.39, 0.29) is 11.4 Å². The second kappa shape index (κ2) is 8.39. The van der Waals surface area contributed by atoms with Gasteiger partial charge in [-0.2, -0.15) is 0 Å². The molecule has 1 saturated carbocycles. The Labute approximate surface area is 163 Å². The van der Waals surface area contributed by atoms with Crippen LogP contribution in [0.25, 0.3) is 10.9 Å². The first-order valence-electron chi connectivity index (χ1n) is 10.2. The van der Waals surface area contributed by atoms with Gasteiger partial charge in [0.15, 0.2) is 0 Å². The summed E-state index contributed by atoms with van der Waals surface area (Å²) in [6.45, 7) is 4.85. The fourth-order valence-corrected chi connectivity index (χ4v) is 4.49. The lowest BCUT2D eigenvalue weighted by Gasteiger charge is -2.39. The van der Waals surface area contributed by atoms with Gasteiger partial charge in [0.1, 0.15) is 0 Å². The maximum atomic E-state index is 12.8. The molecule has 4 nitrogen and oxygen atoms in total. The van der Waals surface area contributed by atoms with Gasteiger partial charge < -0.3 is 10.2 Å². The van der Waals surface area contributed by atoms with Gasteiger partial charge in [-0.3, -0.25) is 9.78 Å². The minimum Gasteiger partial charge on any atom is -0.354 e. The Morgan fingerprint density at radius 3 is 2.44 bits per heavy atom. The van der Waals surface area contributed by atoms with Gasteiger partial charge in [-0.05, 0) is 58.0 Å². The van der Waals surface area contributed by atoms with E-state index >= 15 is 0 Å². The van der Waals surface area contributed by atoms with Crippen molar-refractivity contribution in [1.29, 1.82) is 0 Å². The molecule has 0 unspecified atom stereocenters. The van der Waals surface area contributed by atoms with Crippen molar-refractivity contribution in [3.05, 3.63) is 41.1 Å². The van der Waals surface area contributed by atoms with E-state index in [0.29, 0.717) is 6.42 Å². The number of benzene rings is 1. The molecule has 1 aromatic carbocycles. The van der Waals surface area contributed by atoms with Gasteiger partial charge in [0.05, 0.1) is 11.9 Å². The smallest absolute Gasteiger partial charge is 0.224 e. The van der Waals surface area contributed by atoms with Crippen molar-refractivity contribution in [2.24, 2.45) is 0 Å². The SMILES string of the molecule is Cc1nc2ccccc2c(C)c1CC(=O)NCC1(N(C)C)CCCCCC1. The molecular formula is C23H33N3O. The summed E-state index contributed by atoms with van der Waals surface area (Å²) in [5, 5.41) is 4.38. The third-order valence-electron chi connectivity index (χ3n) is 6.42. The van der Waals surface area contributed by atoms with Crippen LogP contribution in [0, 0.1) is 13.8 Å². The Morgan fingerprint density at radius 2 is 1.78 bits per heavy atom. The number of carbonyl (C=O) groups excluding carboxylic acids is 1. The van der Waals surface area contributed by atoms with Crippen LogP contribution in [0.2, 0.25) is 0 Å². The molecule has 1 aliphatic carbocycles. The highest BCUT2D eigenvalue weighted by Crippen LogP contribution is 2.30. The lowest BCUT2D eigenvalue weighted by Crippen LogP contribution is -2.52. The number of rotatable bonds is 5. The largest absolute Gasteiger partial charge is 0.354 e. The summed E-state index contributed by atoms with van der Waals surface area (Å²) >= 11 is 0. The molecular weight excluding hydrogens is 334 g/mol. The number of fused-ring (bicyclic) bond motifs is 1. The highest BCUT2D eigenvalue weighted by molar-refractivity contribution is 5.86. The molecule has 27 heavy (non-hydrogen) atoms. The standard InChI is InChI=1S/C23H33N3O/c1-17-19-11-7-8-12-21(19)25-18(2)20(17)15-22(27)24-16-23(26(3)4)13-9-5-6-10-14-23/h7-8,11-12H,5-6,9-10,13-16H2,1-4H3,(H,24,27). The number of aromatic nitrogens is 1. The van der Waals surface area contributed by atoms with Crippen molar-refractivity contribution in [3.63, 3.8) is 0 Å². The lowest BCUT2D eigenvalue weighted by atomic mass is 9.88. The Kier molecular flexibility index (Phi) is 6.15. The molecule has 1 heterocycles. The van der Waals surface area contributed by atoms with Crippen LogP contribution >= 0.6 is 0 Å². The summed E-state index contributed by atoms with van der Waals surface area (Å²) in [6, 6.07) is 8.16. The summed E-state index contributed by atoms with van der Waals surface area (Å²) in [6.07, 6.45) is 7.85. The van der Waals surface area contributed by atoms with Crippen LogP contribution in [-0.4, -0.2) is 42.0 Å². The molecule has 2 aromatic rings. The van der Waals surface area contributed by atoms with Crippen LogP contribution in [0.15, 0.2) is 24.3 Å². The number of nitrogens with one attached hydrogen (secondary N) is 1. The van der Waals surface area contributed by atoms with E-state index in [2.05, 4.69) is 37.3 Å². The van der Waals surface area contributed by atoms with Gasteiger partial charge in [0, 0.05) is 23.2 Å². The van der Waals surface area contributed by atoms with Crippen molar-refractivity contribution in [3.8, 4) is 0 Å². The zero-order chi connectivity index (χ0) is 19.4. The summed E-state index contributed by atoms with van der Waals surface area (Å²) in [7, 11) is 4.30. The molecule has 1 amide bonds. The quantitative estimate of drug-likeness (QED) is 0.807. The summed E-state index contributed by atoms with van der Waals surface area (Å²) in [4.78, 5) is 19.8. The predicted molar refractivity (Wildman–Crippen MR) is 112 cm³/mol. The predicted octanol–water partition coefficient (Wildman–Crippen LogP) is 4.16. The van der Waals surface area contributed by atoms with Crippen molar-refractivity contribution in [1.82, 2.24) is 15.2 Å². The first-order valence-corrected chi connectivity index (χ1v) is 10.2. The zero-order valence-electron chi connectivity index (χ0n) is 17.3. The number of amides is 1. The van der Waals surface area contributed by atoms with Crippen molar-refractivity contribution >= 4 is 16.8 Å². The van der Waals surface area contributed by atoms with Crippen molar-refractivity contribution in [2.75, 3.05) is 20.6 Å². The molecule has 1 aromatic heterocycles. The number of pyridine rings is 1. The fourth-order valence-electron chi connectivity index (χ4n) is 4.49. The molecule has 0 saturated heterocycles. The number of para-hydroxylation sites is 1. The zero-order valence-corrected chi connectivity index (χ0v) is 17.3. The fraction of sp³-hybridized carbons (Fsp3) is 0.565. The maximum absolute atomic E-state index is 12.8. The maximum Gasteiger partial charge on any atom is 0.224 e. The first-order chi connectivity index (χ1) is 12.9. The summed E-state index contributed by atoms with van der Waals surface area (Å²) in [5.74, 6) is 0.101. The second-order valence-corrected chi connectivity index (χ2v) is 8.30. The third-order valence-corrected chi connectivity index (χ3v) is 6.42. The van der Waals surface area contributed by atoms with Crippen LogP contribution in [0.3, 0.4) is 0 Å². The summed E-state index contributed by atoms with van der Waals surface area (Å²) < 4.78 is 0. The highest BCUT2D eigenvalue weighted by Gasteiger charge is 2.33. The van der Waals surface area contributed by atoms with E-state index in [1.54, 1.807) is 0 Å². The molecule has 4 heteroatoms. The van der Waals surface area contributed by atoms with E-state index in [1.165, 1.54) is 31.2 Å². The number of nitrogens with zero attached hydrogens (tertiary/aromatic N) is 2. The van der Waals surface area contributed by atoms with Crippen LogP contribution in [0.4, 0.5) is 0 Å². The van der Waals surface area contributed by atoms with Crippen LogP contribution in [0.1, 0.15) is 55.3 Å². The van der Waals surface area contributed by atoms with Gasteiger partial charge in [-0.25, -0.2) is 0 Å². The molecule has 3 rings (SSSR count). The average Bonchev–Trinajstić information content (AvgIpc) is 2.90. The molecule has 1 N–H and O–H groups in total. The van der Waals surface area contributed by atoms with E-state index in [4.69, 9.17) is 4.98 Å². The minimum absolute atomic E-state index is 0.0951. The number of likely N-dealkylation sites (N-methyl/N-ethyl adjacent to an activating group) is 1. The number of hydrogen-bond donors (Lipinski definition) is 1. The molecule has 1 fully saturated rings. The van der Waals surface area contributed by atoms with Gasteiger partial charge in [-0.1, -0.05) is 43.9 Å². The van der Waals surface area contributed by atoms with Gasteiger partial charge >= 0.3 is 0 Å². The Balaban J connectivity index is 1.73. The van der Waals surface area contributed by atoms with Gasteiger partial charge in [-0.15, -0.1) is 0 Å². The topological polar surface area (TPSA) is 45.2 Å². The number of hydrogen-bond acceptors (Lipinski definition) is 3. The molecule has 0 aliphatic heterocycles. The Bertz CT molecular complexity index is 805. The monoisotopic (exact) mass is 367 g/mol. The van der Waals surface area contributed by atoms with E-state index in [9.17, 15) is 4.79 Å². The summed E-state index contributed by atoms with van der Waals surface area (Å²) in [5.41, 5.74) is 4.29. The highest BCUT2D eigenvalue weighted by atomic mass is 16.1. The molecule has 0 atom stereocenters. The first kappa shape index (κ1) is 19.8. The van der Waals surface area contributed by atoms with Crippen molar-refractivity contribution in [2.45, 2.75) is 64.3 Å². The molecule has 0 spiro atoms.